The van der Waals surface area contributed by atoms with Crippen LogP contribution >= 0.6 is 11.6 Å². The predicted octanol–water partition coefficient (Wildman–Crippen LogP) is 6.59. The average Bonchev–Trinajstić information content (AvgIpc) is 3.63. The molecule has 1 fully saturated rings. The molecule has 0 aliphatic carbocycles. The van der Waals surface area contributed by atoms with Crippen LogP contribution in [0.5, 0.6) is 11.5 Å². The molecule has 3 atom stereocenters. The van der Waals surface area contributed by atoms with Crippen molar-refractivity contribution in [1.82, 2.24) is 25.0 Å². The Bertz CT molecular complexity index is 2040. The van der Waals surface area contributed by atoms with Crippen LogP contribution in [0.4, 0.5) is 16.4 Å². The summed E-state index contributed by atoms with van der Waals surface area (Å²) in [5.74, 6) is 1.13. The molecule has 1 saturated heterocycles. The summed E-state index contributed by atoms with van der Waals surface area (Å²) < 4.78 is 12.3. The Kier molecular flexibility index (Phi) is 11.8. The maximum absolute atomic E-state index is 14.2. The standard InChI is InChI=1S/C41H44ClN7O5/c1-6-35(30-8-7-9-31(42)24-30)45-41(52)49-38(40(51)46(2)37-19-21-44-47(37)3)34(39(49)50)22-29-18-20-43-36(23-29)48(25-27-10-14-32(53-4)15-11-27)26-28-12-16-33(54-5)17-13-28/h7-21,23-24,34-35,38H,6,22,25-26H2,1-5H3,(H,45,52)/t34-,35-,38+/m1/s1. The highest BCUT2D eigenvalue weighted by Gasteiger charge is 2.55. The molecule has 5 aromatic rings. The number of pyridine rings is 1. The van der Waals surface area contributed by atoms with Gasteiger partial charge in [0.05, 0.1) is 32.4 Å². The molecule has 3 aromatic carbocycles. The number of benzene rings is 3. The van der Waals surface area contributed by atoms with Gasteiger partial charge < -0.3 is 19.7 Å². The van der Waals surface area contributed by atoms with Gasteiger partial charge in [-0.2, -0.15) is 5.10 Å². The van der Waals surface area contributed by atoms with Gasteiger partial charge in [0.25, 0.3) is 5.91 Å². The van der Waals surface area contributed by atoms with Gasteiger partial charge >= 0.3 is 6.03 Å². The second-order valence-electron chi connectivity index (χ2n) is 13.2. The van der Waals surface area contributed by atoms with Crippen molar-refractivity contribution < 1.29 is 23.9 Å². The van der Waals surface area contributed by atoms with Gasteiger partial charge in [0.2, 0.25) is 5.91 Å². The maximum atomic E-state index is 14.2. The van der Waals surface area contributed by atoms with Crippen molar-refractivity contribution in [3.8, 4) is 11.5 Å². The van der Waals surface area contributed by atoms with E-state index >= 15 is 0 Å². The van der Waals surface area contributed by atoms with Gasteiger partial charge in [0.1, 0.15) is 29.2 Å². The van der Waals surface area contributed by atoms with Crippen LogP contribution in [0.15, 0.2) is 103 Å². The van der Waals surface area contributed by atoms with Crippen LogP contribution in [-0.2, 0) is 36.1 Å². The van der Waals surface area contributed by atoms with E-state index in [0.29, 0.717) is 36.2 Å². The number of imide groups is 1. The topological polar surface area (TPSA) is 122 Å². The predicted molar refractivity (Wildman–Crippen MR) is 208 cm³/mol. The van der Waals surface area contributed by atoms with Crippen LogP contribution < -0.4 is 24.6 Å². The second kappa shape index (κ2) is 16.9. The molecule has 0 radical (unpaired) electrons. The summed E-state index contributed by atoms with van der Waals surface area (Å²) in [6.45, 7) is 3.02. The number of anilines is 2. The lowest BCUT2D eigenvalue weighted by Crippen LogP contribution is -2.70. The third-order valence-corrected chi connectivity index (χ3v) is 10.0. The number of aromatic nitrogens is 3. The van der Waals surface area contributed by atoms with Crippen LogP contribution in [-0.4, -0.2) is 64.8 Å². The molecule has 0 saturated carbocycles. The Morgan fingerprint density at radius 3 is 2.09 bits per heavy atom. The van der Waals surface area contributed by atoms with E-state index in [-0.39, 0.29) is 6.42 Å². The fourth-order valence-corrected chi connectivity index (χ4v) is 6.96. The summed E-state index contributed by atoms with van der Waals surface area (Å²) in [6, 6.07) is 26.4. The van der Waals surface area contributed by atoms with Gasteiger partial charge in [-0.15, -0.1) is 0 Å². The molecule has 0 bridgehead atoms. The number of rotatable bonds is 14. The lowest BCUT2D eigenvalue weighted by molar-refractivity contribution is -0.156. The van der Waals surface area contributed by atoms with Gasteiger partial charge in [0, 0.05) is 44.5 Å². The minimum absolute atomic E-state index is 0.220. The van der Waals surface area contributed by atoms with E-state index in [4.69, 9.17) is 26.1 Å². The molecule has 13 heteroatoms. The Labute approximate surface area is 320 Å². The first-order valence-corrected chi connectivity index (χ1v) is 18.1. The Morgan fingerprint density at radius 2 is 1.54 bits per heavy atom. The Hall–Kier alpha value is -5.88. The van der Waals surface area contributed by atoms with Crippen molar-refractivity contribution in [2.24, 2.45) is 13.0 Å². The average molecular weight is 750 g/mol. The highest BCUT2D eigenvalue weighted by atomic mass is 35.5. The summed E-state index contributed by atoms with van der Waals surface area (Å²) in [5, 5.41) is 7.71. The summed E-state index contributed by atoms with van der Waals surface area (Å²) in [4.78, 5) is 51.4. The monoisotopic (exact) mass is 749 g/mol. The second-order valence-corrected chi connectivity index (χ2v) is 13.7. The number of carbonyl (C=O) groups excluding carboxylic acids is 3. The van der Waals surface area contributed by atoms with Crippen molar-refractivity contribution in [3.05, 3.63) is 131 Å². The zero-order valence-corrected chi connectivity index (χ0v) is 31.7. The smallest absolute Gasteiger partial charge is 0.325 e. The van der Waals surface area contributed by atoms with Gasteiger partial charge in [-0.05, 0) is 83.6 Å². The van der Waals surface area contributed by atoms with E-state index in [0.717, 1.165) is 38.7 Å². The fourth-order valence-electron chi connectivity index (χ4n) is 6.76. The first-order chi connectivity index (χ1) is 26.1. The lowest BCUT2D eigenvalue weighted by atomic mass is 9.81. The van der Waals surface area contributed by atoms with Crippen molar-refractivity contribution >= 4 is 41.1 Å². The molecule has 280 valence electrons. The van der Waals surface area contributed by atoms with Gasteiger partial charge in [-0.3, -0.25) is 24.1 Å². The molecule has 2 aromatic heterocycles. The number of halogens is 1. The van der Waals surface area contributed by atoms with Crippen LogP contribution in [0.2, 0.25) is 5.02 Å². The number of methoxy groups -OCH3 is 2. The van der Waals surface area contributed by atoms with Crippen LogP contribution in [0, 0.1) is 5.92 Å². The van der Waals surface area contributed by atoms with E-state index in [1.54, 1.807) is 63.6 Å². The van der Waals surface area contributed by atoms with E-state index in [9.17, 15) is 14.4 Å². The SMILES string of the molecule is CC[C@@H](NC(=O)N1C(=O)[C@H](Cc2ccnc(N(Cc3ccc(OC)cc3)Cc3ccc(OC)cc3)c2)[C@H]1C(=O)N(C)c1ccnn1C)c1cccc(Cl)c1. The number of aryl methyl sites for hydroxylation is 1. The molecular weight excluding hydrogens is 706 g/mol. The number of likely N-dealkylation sites (tertiary alicyclic amines) is 1. The number of carbonyl (C=O) groups is 3. The zero-order chi connectivity index (χ0) is 38.4. The number of hydrogen-bond donors (Lipinski definition) is 1. The van der Waals surface area contributed by atoms with Crippen molar-refractivity contribution in [1.29, 1.82) is 0 Å². The zero-order valence-electron chi connectivity index (χ0n) is 31.0. The minimum atomic E-state index is -1.06. The molecule has 1 aliphatic heterocycles. The third-order valence-electron chi connectivity index (χ3n) is 9.77. The molecule has 54 heavy (non-hydrogen) atoms. The summed E-state index contributed by atoms with van der Waals surface area (Å²) in [6.07, 6.45) is 4.07. The summed E-state index contributed by atoms with van der Waals surface area (Å²) in [5.41, 5.74) is 3.72. The van der Waals surface area contributed by atoms with E-state index in [1.807, 2.05) is 79.7 Å². The summed E-state index contributed by atoms with van der Waals surface area (Å²) >= 11 is 6.25. The van der Waals surface area contributed by atoms with Gasteiger partial charge in [-0.1, -0.05) is 54.9 Å². The molecule has 1 aliphatic rings. The van der Waals surface area contributed by atoms with Crippen molar-refractivity contribution in [3.63, 3.8) is 0 Å². The van der Waals surface area contributed by atoms with Gasteiger partial charge in [-0.25, -0.2) is 9.78 Å². The molecule has 4 amide bonds. The minimum Gasteiger partial charge on any atom is -0.497 e. The fraction of sp³-hybridized carbons (Fsp3) is 0.293. The van der Waals surface area contributed by atoms with Gasteiger partial charge in [0.15, 0.2) is 0 Å². The number of amides is 4. The first-order valence-electron chi connectivity index (χ1n) is 17.7. The number of hydrogen-bond acceptors (Lipinski definition) is 8. The molecular formula is C41H44ClN7O5. The molecule has 12 nitrogen and oxygen atoms in total. The molecule has 0 unspecified atom stereocenters. The third kappa shape index (κ3) is 8.34. The highest BCUT2D eigenvalue weighted by molar-refractivity contribution is 6.30. The van der Waals surface area contributed by atoms with E-state index < -0.39 is 35.8 Å². The molecule has 3 heterocycles. The maximum Gasteiger partial charge on any atom is 0.325 e. The lowest BCUT2D eigenvalue weighted by Gasteiger charge is -2.46. The normalized spacial score (nSPS) is 15.6. The van der Waals surface area contributed by atoms with Crippen LogP contribution in [0.3, 0.4) is 0 Å². The van der Waals surface area contributed by atoms with Crippen molar-refractivity contribution in [2.45, 2.75) is 44.9 Å². The Balaban J connectivity index is 1.28. The van der Waals surface area contributed by atoms with E-state index in [1.165, 1.54) is 4.90 Å². The van der Waals surface area contributed by atoms with E-state index in [2.05, 4.69) is 15.3 Å². The number of likely N-dealkylation sites (N-methyl/N-ethyl adjacent to an activating group) is 1. The van der Waals surface area contributed by atoms with Crippen LogP contribution in [0.25, 0.3) is 0 Å². The number of nitrogens with zero attached hydrogens (tertiary/aromatic N) is 6. The molecule has 6 rings (SSSR count). The Morgan fingerprint density at radius 1 is 0.889 bits per heavy atom. The molecule has 0 spiro atoms. The summed E-state index contributed by atoms with van der Waals surface area (Å²) in [7, 11) is 6.62. The quantitative estimate of drug-likeness (QED) is 0.126. The number of nitrogens with one attached hydrogen (secondary N) is 1. The molecule has 1 N–H and O–H groups in total. The van der Waals surface area contributed by atoms with Crippen molar-refractivity contribution in [2.75, 3.05) is 31.1 Å². The van der Waals surface area contributed by atoms with Crippen LogP contribution in [0.1, 0.15) is 41.6 Å². The number of β-lactam (4-membered cyclic amide) rings is 1. The number of urea groups is 1. The number of ether oxygens (including phenoxy) is 2. The first kappa shape index (κ1) is 37.9. The highest BCUT2D eigenvalue weighted by Crippen LogP contribution is 2.34. The largest absolute Gasteiger partial charge is 0.497 e.